The number of nitrogens with zero attached hydrogens (tertiary/aromatic N) is 1. The Labute approximate surface area is 197 Å². The molecular weight excluding hydrogens is 430 g/mol. The van der Waals surface area contributed by atoms with Crippen LogP contribution in [0.2, 0.25) is 5.04 Å². The zero-order valence-electron chi connectivity index (χ0n) is 19.9. The van der Waals surface area contributed by atoms with Crippen LogP contribution in [0, 0.1) is 0 Å². The van der Waals surface area contributed by atoms with E-state index in [4.69, 9.17) is 13.6 Å². The Balaban J connectivity index is 1.61. The number of ether oxygens (including phenoxy) is 1. The topological polar surface area (TPSA) is 61.6 Å². The fraction of sp³-hybridized carbons (Fsp3) is 0.407. The maximum absolute atomic E-state index is 12.1. The summed E-state index contributed by atoms with van der Waals surface area (Å²) in [6, 6.07) is 21.5. The normalized spacial score (nSPS) is 19.3. The molecule has 1 fully saturated rings. The van der Waals surface area contributed by atoms with E-state index in [0.717, 1.165) is 25.7 Å². The molecule has 0 bridgehead atoms. The van der Waals surface area contributed by atoms with Gasteiger partial charge in [-0.05, 0) is 41.1 Å². The first-order valence-corrected chi connectivity index (χ1v) is 13.6. The van der Waals surface area contributed by atoms with E-state index in [1.54, 1.807) is 0 Å². The minimum atomic E-state index is -2.57. The summed E-state index contributed by atoms with van der Waals surface area (Å²) in [6.07, 6.45) is 5.10. The monoisotopic (exact) mass is 463 g/mol. The summed E-state index contributed by atoms with van der Waals surface area (Å²) in [4.78, 5) is 16.1. The van der Waals surface area contributed by atoms with Gasteiger partial charge < -0.3 is 13.6 Å². The Hall–Kier alpha value is -2.70. The van der Waals surface area contributed by atoms with Gasteiger partial charge in [-0.25, -0.2) is 9.78 Å². The van der Waals surface area contributed by atoms with Crippen LogP contribution in [0.4, 0.5) is 0 Å². The molecule has 1 aliphatic carbocycles. The van der Waals surface area contributed by atoms with Crippen LogP contribution >= 0.6 is 0 Å². The lowest BCUT2D eigenvalue weighted by atomic mass is 9.85. The third-order valence-electron chi connectivity index (χ3n) is 6.78. The van der Waals surface area contributed by atoms with Crippen LogP contribution in [0.1, 0.15) is 68.6 Å². The van der Waals surface area contributed by atoms with Crippen LogP contribution in [0.15, 0.2) is 71.5 Å². The molecule has 1 heterocycles. The molecule has 3 aromatic rings. The smallest absolute Gasteiger partial charge is 0.360 e. The second-order valence-electron chi connectivity index (χ2n) is 9.81. The molecule has 33 heavy (non-hydrogen) atoms. The summed E-state index contributed by atoms with van der Waals surface area (Å²) in [6.45, 7) is 6.92. The molecule has 5 nitrogen and oxygen atoms in total. The molecule has 0 N–H and O–H groups in total. The predicted octanol–water partition coefficient (Wildman–Crippen LogP) is 5.06. The van der Waals surface area contributed by atoms with Gasteiger partial charge >= 0.3 is 5.97 Å². The van der Waals surface area contributed by atoms with Gasteiger partial charge in [-0.2, -0.15) is 0 Å². The lowest BCUT2D eigenvalue weighted by molar-refractivity contribution is 0.0590. The van der Waals surface area contributed by atoms with Crippen LogP contribution in [-0.2, 0) is 9.16 Å². The minimum absolute atomic E-state index is 0.0461. The quantitative estimate of drug-likeness (QED) is 0.378. The second kappa shape index (κ2) is 9.65. The number of carbonyl (C=O) groups is 1. The Morgan fingerprint density at radius 1 is 0.939 bits per heavy atom. The third-order valence-corrected chi connectivity index (χ3v) is 11.9. The third kappa shape index (κ3) is 4.55. The second-order valence-corrected chi connectivity index (χ2v) is 14.1. The van der Waals surface area contributed by atoms with Crippen molar-refractivity contribution in [2.24, 2.45) is 0 Å². The highest BCUT2D eigenvalue weighted by Crippen LogP contribution is 2.41. The van der Waals surface area contributed by atoms with Gasteiger partial charge in [-0.3, -0.25) is 0 Å². The number of oxazole rings is 1. The summed E-state index contributed by atoms with van der Waals surface area (Å²) in [5.74, 6) is 0.357. The standard InChI is InChI=1S/C27H33NO4Si/c1-27(2,3)33(22-11-7-5-8-12-22,23-13-9-6-10-14-23)32-21-17-15-20(16-18-21)25-24(26(29)30-4)28-19-31-25/h5-14,19-21H,15-18H2,1-4H3/t20-,21-. The van der Waals surface area contributed by atoms with Gasteiger partial charge in [0.25, 0.3) is 8.32 Å². The number of hydrogen-bond acceptors (Lipinski definition) is 5. The number of esters is 1. The van der Waals surface area contributed by atoms with Crippen molar-refractivity contribution in [2.75, 3.05) is 7.11 Å². The van der Waals surface area contributed by atoms with Gasteiger partial charge in [0.1, 0.15) is 5.76 Å². The number of carbonyl (C=O) groups excluding carboxylic acids is 1. The number of benzene rings is 2. The highest BCUT2D eigenvalue weighted by atomic mass is 28.4. The summed E-state index contributed by atoms with van der Waals surface area (Å²) in [5.41, 5.74) is 0.300. The van der Waals surface area contributed by atoms with Gasteiger partial charge in [0, 0.05) is 12.0 Å². The first-order valence-electron chi connectivity index (χ1n) is 11.7. The summed E-state index contributed by atoms with van der Waals surface area (Å²) < 4.78 is 17.8. The van der Waals surface area contributed by atoms with Gasteiger partial charge in [-0.15, -0.1) is 0 Å². The van der Waals surface area contributed by atoms with Gasteiger partial charge in [-0.1, -0.05) is 81.4 Å². The van der Waals surface area contributed by atoms with Crippen LogP contribution in [-0.4, -0.2) is 32.5 Å². The van der Waals surface area contributed by atoms with Gasteiger partial charge in [0.15, 0.2) is 12.1 Å². The van der Waals surface area contributed by atoms with Crippen molar-refractivity contribution in [1.29, 1.82) is 0 Å². The number of rotatable bonds is 6. The van der Waals surface area contributed by atoms with E-state index in [9.17, 15) is 4.79 Å². The van der Waals surface area contributed by atoms with Gasteiger partial charge in [0.2, 0.25) is 0 Å². The van der Waals surface area contributed by atoms with E-state index in [0.29, 0.717) is 11.5 Å². The first kappa shape index (κ1) is 23.5. The van der Waals surface area contributed by atoms with E-state index in [1.807, 2.05) is 0 Å². The highest BCUT2D eigenvalue weighted by molar-refractivity contribution is 6.99. The molecule has 0 spiro atoms. The zero-order chi connectivity index (χ0) is 23.5. The summed E-state index contributed by atoms with van der Waals surface area (Å²) in [7, 11) is -1.20. The number of methoxy groups -OCH3 is 1. The fourth-order valence-corrected chi connectivity index (χ4v) is 9.93. The van der Waals surface area contributed by atoms with E-state index < -0.39 is 14.3 Å². The molecule has 1 aliphatic rings. The molecule has 0 saturated heterocycles. The molecular formula is C27H33NO4Si. The van der Waals surface area contributed by atoms with E-state index in [1.165, 1.54) is 23.9 Å². The van der Waals surface area contributed by atoms with Crippen LogP contribution < -0.4 is 10.4 Å². The molecule has 0 aliphatic heterocycles. The van der Waals surface area contributed by atoms with Crippen LogP contribution in [0.25, 0.3) is 0 Å². The minimum Gasteiger partial charge on any atom is -0.464 e. The van der Waals surface area contributed by atoms with Crippen molar-refractivity contribution >= 4 is 24.7 Å². The maximum Gasteiger partial charge on any atom is 0.360 e. The largest absolute Gasteiger partial charge is 0.464 e. The van der Waals surface area contributed by atoms with Crippen molar-refractivity contribution in [3.05, 3.63) is 78.5 Å². The molecule has 2 aromatic carbocycles. The summed E-state index contributed by atoms with van der Waals surface area (Å²) in [5, 5.41) is 2.55. The lowest BCUT2D eigenvalue weighted by Crippen LogP contribution is -2.67. The van der Waals surface area contributed by atoms with Crippen molar-refractivity contribution in [3.8, 4) is 0 Å². The SMILES string of the molecule is COC(=O)c1ncoc1[C@H]1CC[C@H](O[Si](c2ccccc2)(c2ccccc2)C(C)(C)C)CC1. The molecule has 1 aromatic heterocycles. The number of hydrogen-bond donors (Lipinski definition) is 0. The van der Waals surface area contributed by atoms with E-state index >= 15 is 0 Å². The Morgan fingerprint density at radius 2 is 1.48 bits per heavy atom. The van der Waals surface area contributed by atoms with Crippen LogP contribution in [0.3, 0.4) is 0 Å². The predicted molar refractivity (Wildman–Crippen MR) is 132 cm³/mol. The molecule has 1 saturated carbocycles. The highest BCUT2D eigenvalue weighted by Gasteiger charge is 2.51. The average molecular weight is 464 g/mol. The van der Waals surface area contributed by atoms with Crippen molar-refractivity contribution in [1.82, 2.24) is 4.98 Å². The molecule has 174 valence electrons. The molecule has 6 heteroatoms. The van der Waals surface area contributed by atoms with Gasteiger partial charge in [0.05, 0.1) is 7.11 Å². The molecule has 4 rings (SSSR count). The van der Waals surface area contributed by atoms with Crippen LogP contribution in [0.5, 0.6) is 0 Å². The molecule has 0 radical (unpaired) electrons. The Bertz CT molecular complexity index is 1010. The van der Waals surface area contributed by atoms with Crippen molar-refractivity contribution in [3.63, 3.8) is 0 Å². The lowest BCUT2D eigenvalue weighted by Gasteiger charge is -2.46. The molecule has 0 amide bonds. The van der Waals surface area contributed by atoms with E-state index in [2.05, 4.69) is 86.4 Å². The van der Waals surface area contributed by atoms with Crippen molar-refractivity contribution < 1.29 is 18.4 Å². The summed E-state index contributed by atoms with van der Waals surface area (Å²) >= 11 is 0. The number of aromatic nitrogens is 1. The zero-order valence-corrected chi connectivity index (χ0v) is 20.9. The molecule has 0 unspecified atom stereocenters. The van der Waals surface area contributed by atoms with E-state index in [-0.39, 0.29) is 17.1 Å². The Morgan fingerprint density at radius 3 is 1.97 bits per heavy atom. The molecule has 0 atom stereocenters. The van der Waals surface area contributed by atoms with Crippen molar-refractivity contribution in [2.45, 2.75) is 63.5 Å². The fourth-order valence-electron chi connectivity index (χ4n) is 5.18. The Kier molecular flexibility index (Phi) is 6.86. The average Bonchev–Trinajstić information content (AvgIpc) is 3.33. The first-order chi connectivity index (χ1) is 15.9. The maximum atomic E-state index is 12.1.